The van der Waals surface area contributed by atoms with Crippen molar-refractivity contribution in [3.63, 3.8) is 0 Å². The number of nitrogens with two attached hydrogens (primary N) is 1. The Labute approximate surface area is 114 Å². The first kappa shape index (κ1) is 14.4. The fraction of sp³-hybridized carbons (Fsp3) is 0.600. The zero-order valence-corrected chi connectivity index (χ0v) is 11.3. The number of hydrogen-bond donors (Lipinski definition) is 2. The van der Waals surface area contributed by atoms with Gasteiger partial charge >= 0.3 is 0 Å². The second-order valence-electron chi connectivity index (χ2n) is 5.39. The molecule has 0 aromatic heterocycles. The third kappa shape index (κ3) is 4.00. The lowest BCUT2D eigenvalue weighted by atomic mass is 9.95. The van der Waals surface area contributed by atoms with E-state index in [9.17, 15) is 4.39 Å². The number of aliphatic hydroxyl groups excluding tert-OH is 1. The van der Waals surface area contributed by atoms with Crippen LogP contribution in [-0.4, -0.2) is 29.7 Å². The Balaban J connectivity index is 1.96. The van der Waals surface area contributed by atoms with Crippen LogP contribution in [0.15, 0.2) is 18.2 Å². The molecule has 2 rings (SSSR count). The van der Waals surface area contributed by atoms with Gasteiger partial charge in [-0.25, -0.2) is 4.39 Å². The van der Waals surface area contributed by atoms with Gasteiger partial charge in [0, 0.05) is 31.8 Å². The van der Waals surface area contributed by atoms with E-state index < -0.39 is 0 Å². The molecule has 1 aromatic carbocycles. The van der Waals surface area contributed by atoms with E-state index in [2.05, 4.69) is 4.90 Å². The number of benzene rings is 1. The average molecular weight is 266 g/mol. The molecule has 0 radical (unpaired) electrons. The highest BCUT2D eigenvalue weighted by Crippen LogP contribution is 2.21. The third-order valence-electron chi connectivity index (χ3n) is 3.88. The minimum atomic E-state index is -0.219. The van der Waals surface area contributed by atoms with Gasteiger partial charge in [0.25, 0.3) is 0 Å². The smallest absolute Gasteiger partial charge is 0.127 e. The Morgan fingerprint density at radius 3 is 3.00 bits per heavy atom. The summed E-state index contributed by atoms with van der Waals surface area (Å²) in [4.78, 5) is 2.39. The summed E-state index contributed by atoms with van der Waals surface area (Å²) in [6.45, 7) is 3.46. The quantitative estimate of drug-likeness (QED) is 0.855. The first-order chi connectivity index (χ1) is 9.22. The summed E-state index contributed by atoms with van der Waals surface area (Å²) >= 11 is 0. The molecule has 1 unspecified atom stereocenters. The van der Waals surface area contributed by atoms with Crippen LogP contribution in [-0.2, 0) is 13.1 Å². The Kier molecular flexibility index (Phi) is 5.31. The van der Waals surface area contributed by atoms with Gasteiger partial charge in [0.2, 0.25) is 0 Å². The molecule has 1 heterocycles. The van der Waals surface area contributed by atoms with Crippen molar-refractivity contribution in [1.82, 2.24) is 4.90 Å². The molecule has 1 aliphatic heterocycles. The number of likely N-dealkylation sites (tertiary alicyclic amines) is 1. The standard InChI is InChI=1S/C15H23FN2O/c16-15-4-3-13(8-14(15)9-17)11-18-6-1-2-12(10-18)5-7-19/h3-4,8,12,19H,1-2,5-7,9-11,17H2. The minimum absolute atomic E-state index is 0.219. The van der Waals surface area contributed by atoms with E-state index in [1.54, 1.807) is 0 Å². The summed E-state index contributed by atoms with van der Waals surface area (Å²) in [7, 11) is 0. The van der Waals surface area contributed by atoms with E-state index in [1.165, 1.54) is 18.9 Å². The molecule has 1 aromatic rings. The van der Waals surface area contributed by atoms with Crippen molar-refractivity contribution in [3.05, 3.63) is 35.1 Å². The molecule has 1 saturated heterocycles. The number of rotatable bonds is 5. The molecule has 3 nitrogen and oxygen atoms in total. The Morgan fingerprint density at radius 2 is 2.26 bits per heavy atom. The topological polar surface area (TPSA) is 49.5 Å². The van der Waals surface area contributed by atoms with Crippen molar-refractivity contribution in [2.45, 2.75) is 32.4 Å². The molecule has 1 atom stereocenters. The Hall–Kier alpha value is -0.970. The first-order valence-corrected chi connectivity index (χ1v) is 7.03. The number of halogens is 1. The predicted molar refractivity (Wildman–Crippen MR) is 74.0 cm³/mol. The van der Waals surface area contributed by atoms with Crippen LogP contribution >= 0.6 is 0 Å². The van der Waals surface area contributed by atoms with E-state index in [4.69, 9.17) is 10.8 Å². The largest absolute Gasteiger partial charge is 0.396 e. The maximum absolute atomic E-state index is 13.4. The number of aliphatic hydroxyl groups is 1. The molecular formula is C15H23FN2O. The van der Waals surface area contributed by atoms with Gasteiger partial charge in [-0.05, 0) is 43.4 Å². The highest BCUT2D eigenvalue weighted by molar-refractivity contribution is 5.25. The molecule has 4 heteroatoms. The second kappa shape index (κ2) is 6.98. The van der Waals surface area contributed by atoms with E-state index in [-0.39, 0.29) is 19.0 Å². The fourth-order valence-electron chi connectivity index (χ4n) is 2.85. The molecule has 106 valence electrons. The zero-order valence-electron chi connectivity index (χ0n) is 11.3. The summed E-state index contributed by atoms with van der Waals surface area (Å²) in [6, 6.07) is 5.21. The van der Waals surface area contributed by atoms with Crippen LogP contribution in [0.25, 0.3) is 0 Å². The molecule has 19 heavy (non-hydrogen) atoms. The highest BCUT2D eigenvalue weighted by atomic mass is 19.1. The van der Waals surface area contributed by atoms with Gasteiger partial charge in [-0.15, -0.1) is 0 Å². The summed E-state index contributed by atoms with van der Waals surface area (Å²) in [5.74, 6) is 0.372. The summed E-state index contributed by atoms with van der Waals surface area (Å²) in [5.41, 5.74) is 7.23. The van der Waals surface area contributed by atoms with Crippen LogP contribution in [0.5, 0.6) is 0 Å². The molecule has 0 amide bonds. The summed E-state index contributed by atoms with van der Waals surface area (Å²) < 4.78 is 13.4. The van der Waals surface area contributed by atoms with Crippen LogP contribution < -0.4 is 5.73 Å². The van der Waals surface area contributed by atoms with Crippen molar-refractivity contribution in [3.8, 4) is 0 Å². The maximum Gasteiger partial charge on any atom is 0.127 e. The van der Waals surface area contributed by atoms with Crippen LogP contribution in [0.4, 0.5) is 4.39 Å². The zero-order chi connectivity index (χ0) is 13.7. The highest BCUT2D eigenvalue weighted by Gasteiger charge is 2.19. The van der Waals surface area contributed by atoms with E-state index >= 15 is 0 Å². The van der Waals surface area contributed by atoms with E-state index in [1.807, 2.05) is 12.1 Å². The normalized spacial score (nSPS) is 20.7. The van der Waals surface area contributed by atoms with Crippen LogP contribution in [0.1, 0.15) is 30.4 Å². The number of nitrogens with zero attached hydrogens (tertiary/aromatic N) is 1. The van der Waals surface area contributed by atoms with Crippen molar-refractivity contribution >= 4 is 0 Å². The van der Waals surface area contributed by atoms with Gasteiger partial charge in [0.15, 0.2) is 0 Å². The van der Waals surface area contributed by atoms with Gasteiger partial charge < -0.3 is 10.8 Å². The maximum atomic E-state index is 13.4. The van der Waals surface area contributed by atoms with Crippen molar-refractivity contribution < 1.29 is 9.50 Å². The molecule has 0 spiro atoms. The first-order valence-electron chi connectivity index (χ1n) is 7.03. The average Bonchev–Trinajstić information content (AvgIpc) is 2.42. The molecule has 1 fully saturated rings. The second-order valence-corrected chi connectivity index (χ2v) is 5.39. The molecule has 1 aliphatic rings. The molecule has 0 aliphatic carbocycles. The van der Waals surface area contributed by atoms with Crippen LogP contribution in [0.3, 0.4) is 0 Å². The lowest BCUT2D eigenvalue weighted by Crippen LogP contribution is -2.35. The SMILES string of the molecule is NCc1cc(CN2CCCC(CCO)C2)ccc1F. The molecular weight excluding hydrogens is 243 g/mol. The molecule has 0 saturated carbocycles. The fourth-order valence-corrected chi connectivity index (χ4v) is 2.85. The lowest BCUT2D eigenvalue weighted by Gasteiger charge is -2.32. The van der Waals surface area contributed by atoms with Crippen molar-refractivity contribution in [2.75, 3.05) is 19.7 Å². The van der Waals surface area contributed by atoms with Crippen LogP contribution in [0, 0.1) is 11.7 Å². The minimum Gasteiger partial charge on any atom is -0.396 e. The van der Waals surface area contributed by atoms with Crippen molar-refractivity contribution in [2.24, 2.45) is 11.7 Å². The monoisotopic (exact) mass is 266 g/mol. The Morgan fingerprint density at radius 1 is 1.42 bits per heavy atom. The summed E-state index contributed by atoms with van der Waals surface area (Å²) in [6.07, 6.45) is 3.26. The Bertz CT molecular complexity index is 409. The van der Waals surface area contributed by atoms with Gasteiger partial charge in [-0.1, -0.05) is 12.1 Å². The van der Waals surface area contributed by atoms with Crippen LogP contribution in [0.2, 0.25) is 0 Å². The number of hydrogen-bond acceptors (Lipinski definition) is 3. The van der Waals surface area contributed by atoms with Gasteiger partial charge in [0.05, 0.1) is 0 Å². The van der Waals surface area contributed by atoms with Gasteiger partial charge in [0.1, 0.15) is 5.82 Å². The summed E-state index contributed by atoms with van der Waals surface area (Å²) in [5, 5.41) is 9.02. The third-order valence-corrected chi connectivity index (χ3v) is 3.88. The van der Waals surface area contributed by atoms with Gasteiger partial charge in [-0.3, -0.25) is 4.90 Å². The number of piperidine rings is 1. The predicted octanol–water partition coefficient (Wildman–Crippen LogP) is 1.88. The lowest BCUT2D eigenvalue weighted by molar-refractivity contribution is 0.142. The van der Waals surface area contributed by atoms with E-state index in [0.29, 0.717) is 11.5 Å². The van der Waals surface area contributed by atoms with E-state index in [0.717, 1.165) is 31.6 Å². The van der Waals surface area contributed by atoms with Crippen molar-refractivity contribution in [1.29, 1.82) is 0 Å². The molecule has 0 bridgehead atoms. The van der Waals surface area contributed by atoms with Gasteiger partial charge in [-0.2, -0.15) is 0 Å². The molecule has 3 N–H and O–H groups in total.